The van der Waals surface area contributed by atoms with Crippen molar-refractivity contribution in [3.8, 4) is 0 Å². The molecule has 0 spiro atoms. The summed E-state index contributed by atoms with van der Waals surface area (Å²) in [5.74, 6) is -1.33. The van der Waals surface area contributed by atoms with Gasteiger partial charge in [-0.3, -0.25) is 9.59 Å². The molecule has 0 heterocycles. The van der Waals surface area contributed by atoms with Crippen LogP contribution in [0.2, 0.25) is 0 Å². The molecule has 0 aromatic heterocycles. The van der Waals surface area contributed by atoms with Gasteiger partial charge in [0.25, 0.3) is 0 Å². The van der Waals surface area contributed by atoms with E-state index in [9.17, 15) is 14.7 Å². The predicted molar refractivity (Wildman–Crippen MR) is 77.7 cm³/mol. The van der Waals surface area contributed by atoms with Gasteiger partial charge in [0.2, 0.25) is 0 Å². The fraction of sp³-hybridized carbons (Fsp3) is 0.875. The molecule has 0 amide bonds. The Morgan fingerprint density at radius 3 is 1.90 bits per heavy atom. The number of unbranched alkanes of at least 4 members (excludes halogenated alkanes) is 4. The Kier molecular flexibility index (Phi) is 7.63. The molecular weight excluding hydrogens is 256 g/mol. The van der Waals surface area contributed by atoms with E-state index in [1.807, 2.05) is 0 Å². The minimum absolute atomic E-state index is 0.249. The average molecular weight is 284 g/mol. The lowest BCUT2D eigenvalue weighted by Crippen LogP contribution is -2.30. The van der Waals surface area contributed by atoms with Crippen LogP contribution in [0, 0.1) is 5.41 Å². The van der Waals surface area contributed by atoms with Gasteiger partial charge in [0.15, 0.2) is 0 Å². The number of carbonyl (C=O) groups is 2. The largest absolute Gasteiger partial charge is 0.481 e. The Balaban J connectivity index is 2.22. The number of hydrogen-bond acceptors (Lipinski definition) is 2. The first-order valence-corrected chi connectivity index (χ1v) is 8.02. The molecule has 0 saturated heterocycles. The molecule has 1 aliphatic rings. The average Bonchev–Trinajstić information content (AvgIpc) is 2.64. The van der Waals surface area contributed by atoms with E-state index in [4.69, 9.17) is 5.11 Å². The number of carboxylic acids is 2. The SMILES string of the molecule is O=C(O)CCCCCCCC1(C(=O)O)CCCCCC1. The lowest BCUT2D eigenvalue weighted by atomic mass is 9.76. The van der Waals surface area contributed by atoms with Gasteiger partial charge in [-0.25, -0.2) is 0 Å². The van der Waals surface area contributed by atoms with Crippen molar-refractivity contribution in [1.29, 1.82) is 0 Å². The molecule has 0 bridgehead atoms. The van der Waals surface area contributed by atoms with Crippen LogP contribution in [0.1, 0.15) is 83.5 Å². The molecule has 0 unspecified atom stereocenters. The quantitative estimate of drug-likeness (QED) is 0.491. The van der Waals surface area contributed by atoms with Gasteiger partial charge in [-0.1, -0.05) is 51.4 Å². The van der Waals surface area contributed by atoms with Crippen LogP contribution >= 0.6 is 0 Å². The van der Waals surface area contributed by atoms with Crippen LogP contribution in [-0.4, -0.2) is 22.2 Å². The Morgan fingerprint density at radius 1 is 0.800 bits per heavy atom. The van der Waals surface area contributed by atoms with Crippen LogP contribution < -0.4 is 0 Å². The molecule has 0 aliphatic heterocycles. The normalized spacial score (nSPS) is 18.4. The molecule has 1 saturated carbocycles. The van der Waals surface area contributed by atoms with Gasteiger partial charge in [-0.15, -0.1) is 0 Å². The first-order chi connectivity index (χ1) is 9.57. The van der Waals surface area contributed by atoms with Gasteiger partial charge in [-0.05, 0) is 25.7 Å². The summed E-state index contributed by atoms with van der Waals surface area (Å²) >= 11 is 0. The summed E-state index contributed by atoms with van der Waals surface area (Å²) in [6, 6.07) is 0. The van der Waals surface area contributed by atoms with Crippen molar-refractivity contribution in [2.24, 2.45) is 5.41 Å². The zero-order valence-electron chi connectivity index (χ0n) is 12.4. The first kappa shape index (κ1) is 17.0. The maximum Gasteiger partial charge on any atom is 0.309 e. The van der Waals surface area contributed by atoms with E-state index in [2.05, 4.69) is 0 Å². The van der Waals surface area contributed by atoms with Gasteiger partial charge in [-0.2, -0.15) is 0 Å². The Bertz CT molecular complexity index is 304. The Morgan fingerprint density at radius 2 is 1.35 bits per heavy atom. The van der Waals surface area contributed by atoms with Gasteiger partial charge in [0.1, 0.15) is 0 Å². The summed E-state index contributed by atoms with van der Waals surface area (Å²) in [6.07, 6.45) is 11.8. The van der Waals surface area contributed by atoms with Crippen LogP contribution in [0.25, 0.3) is 0 Å². The Labute approximate surface area is 121 Å². The maximum atomic E-state index is 11.6. The third-order valence-corrected chi connectivity index (χ3v) is 4.56. The molecule has 0 atom stereocenters. The smallest absolute Gasteiger partial charge is 0.309 e. The second kappa shape index (κ2) is 8.98. The van der Waals surface area contributed by atoms with Gasteiger partial charge >= 0.3 is 11.9 Å². The van der Waals surface area contributed by atoms with Crippen LogP contribution in [0.5, 0.6) is 0 Å². The van der Waals surface area contributed by atoms with E-state index < -0.39 is 17.4 Å². The third kappa shape index (κ3) is 5.93. The molecule has 2 N–H and O–H groups in total. The van der Waals surface area contributed by atoms with Crippen LogP contribution in [0.4, 0.5) is 0 Å². The van der Waals surface area contributed by atoms with Crippen molar-refractivity contribution in [3.05, 3.63) is 0 Å². The van der Waals surface area contributed by atoms with Crippen molar-refractivity contribution in [3.63, 3.8) is 0 Å². The van der Waals surface area contributed by atoms with Crippen molar-refractivity contribution in [2.45, 2.75) is 83.5 Å². The summed E-state index contributed by atoms with van der Waals surface area (Å²) in [5.41, 5.74) is -0.475. The molecule has 0 aromatic rings. The molecule has 4 nitrogen and oxygen atoms in total. The van der Waals surface area contributed by atoms with Gasteiger partial charge < -0.3 is 10.2 Å². The molecule has 1 fully saturated rings. The van der Waals surface area contributed by atoms with E-state index in [1.54, 1.807) is 0 Å². The van der Waals surface area contributed by atoms with E-state index in [0.29, 0.717) is 0 Å². The van der Waals surface area contributed by atoms with Crippen LogP contribution in [-0.2, 0) is 9.59 Å². The van der Waals surface area contributed by atoms with E-state index in [1.165, 1.54) is 12.8 Å². The minimum atomic E-state index is -0.728. The third-order valence-electron chi connectivity index (χ3n) is 4.56. The molecule has 0 radical (unpaired) electrons. The Hall–Kier alpha value is -1.06. The van der Waals surface area contributed by atoms with Gasteiger partial charge in [0.05, 0.1) is 5.41 Å². The zero-order chi connectivity index (χ0) is 14.8. The molecule has 1 aliphatic carbocycles. The standard InChI is InChI=1S/C16H28O4/c17-14(18)10-6-2-1-3-7-11-16(15(19)20)12-8-4-5-9-13-16/h1-13H2,(H,17,18)(H,19,20). The molecule has 4 heteroatoms. The van der Waals surface area contributed by atoms with Crippen molar-refractivity contribution >= 4 is 11.9 Å². The summed E-state index contributed by atoms with van der Waals surface area (Å²) in [5, 5.41) is 18.1. The van der Waals surface area contributed by atoms with Crippen LogP contribution in [0.3, 0.4) is 0 Å². The highest BCUT2D eigenvalue weighted by Crippen LogP contribution is 2.39. The molecule has 20 heavy (non-hydrogen) atoms. The van der Waals surface area contributed by atoms with Gasteiger partial charge in [0, 0.05) is 6.42 Å². The van der Waals surface area contributed by atoms with Crippen LogP contribution in [0.15, 0.2) is 0 Å². The van der Waals surface area contributed by atoms with E-state index in [0.717, 1.165) is 64.2 Å². The fourth-order valence-electron chi connectivity index (χ4n) is 3.25. The fourth-order valence-corrected chi connectivity index (χ4v) is 3.25. The van der Waals surface area contributed by atoms with E-state index in [-0.39, 0.29) is 6.42 Å². The summed E-state index contributed by atoms with van der Waals surface area (Å²) in [7, 11) is 0. The number of carboxylic acid groups (broad SMARTS) is 2. The first-order valence-electron chi connectivity index (χ1n) is 8.02. The highest BCUT2D eigenvalue weighted by atomic mass is 16.4. The predicted octanol–water partition coefficient (Wildman–Crippen LogP) is 4.23. The second-order valence-electron chi connectivity index (χ2n) is 6.16. The van der Waals surface area contributed by atoms with Crippen molar-refractivity contribution in [2.75, 3.05) is 0 Å². The van der Waals surface area contributed by atoms with E-state index >= 15 is 0 Å². The second-order valence-corrected chi connectivity index (χ2v) is 6.16. The number of hydrogen-bond donors (Lipinski definition) is 2. The molecule has 1 rings (SSSR count). The highest BCUT2D eigenvalue weighted by Gasteiger charge is 2.37. The lowest BCUT2D eigenvalue weighted by molar-refractivity contribution is -0.150. The molecular formula is C16H28O4. The summed E-state index contributed by atoms with van der Waals surface area (Å²) in [6.45, 7) is 0. The summed E-state index contributed by atoms with van der Waals surface area (Å²) < 4.78 is 0. The lowest BCUT2D eigenvalue weighted by Gasteiger charge is -2.28. The zero-order valence-corrected chi connectivity index (χ0v) is 12.4. The molecule has 116 valence electrons. The number of rotatable bonds is 9. The summed E-state index contributed by atoms with van der Waals surface area (Å²) in [4.78, 5) is 22.0. The minimum Gasteiger partial charge on any atom is -0.481 e. The number of aliphatic carboxylic acids is 2. The highest BCUT2D eigenvalue weighted by molar-refractivity contribution is 5.74. The maximum absolute atomic E-state index is 11.6. The topological polar surface area (TPSA) is 74.6 Å². The van der Waals surface area contributed by atoms with Crippen molar-refractivity contribution < 1.29 is 19.8 Å². The molecule has 0 aromatic carbocycles. The monoisotopic (exact) mass is 284 g/mol. The van der Waals surface area contributed by atoms with Crippen molar-refractivity contribution in [1.82, 2.24) is 0 Å².